The molecular formula is C19H21N5O. The number of benzene rings is 1. The Balaban J connectivity index is 1.71. The zero-order valence-electron chi connectivity index (χ0n) is 14.4. The number of carbonyl (C=O) groups excluding carboxylic acids is 1. The van der Waals surface area contributed by atoms with Crippen LogP contribution in [0.5, 0.6) is 0 Å². The van der Waals surface area contributed by atoms with Gasteiger partial charge in [-0.15, -0.1) is 0 Å². The third-order valence-electron chi connectivity index (χ3n) is 4.89. The zero-order valence-corrected chi connectivity index (χ0v) is 14.4. The maximum absolute atomic E-state index is 13.3. The lowest BCUT2D eigenvalue weighted by Gasteiger charge is -2.24. The van der Waals surface area contributed by atoms with Crippen LogP contribution in [0.1, 0.15) is 34.9 Å². The lowest BCUT2D eigenvalue weighted by molar-refractivity contribution is 0.0734. The van der Waals surface area contributed by atoms with Crippen LogP contribution in [0, 0.1) is 0 Å². The third kappa shape index (κ3) is 2.63. The van der Waals surface area contributed by atoms with Gasteiger partial charge in [-0.2, -0.15) is 0 Å². The standard InChI is InChI=1S/C19H21N5O/c1-20-18-11-21-10-15(22-18)17-8-5-9-24(17)19(25)14-12-23(2)16-7-4-3-6-13(14)16/h3-4,6-7,10-12,17H,5,8-9H2,1-2H3,(H,20,22)/t17-/m1/s1. The monoisotopic (exact) mass is 335 g/mol. The van der Waals surface area contributed by atoms with E-state index in [1.807, 2.05) is 54.0 Å². The first-order chi connectivity index (χ1) is 12.2. The highest BCUT2D eigenvalue weighted by Crippen LogP contribution is 2.33. The number of likely N-dealkylation sites (tertiary alicyclic amines) is 1. The van der Waals surface area contributed by atoms with Gasteiger partial charge in [0.1, 0.15) is 5.82 Å². The number of carbonyl (C=O) groups is 1. The van der Waals surface area contributed by atoms with E-state index in [1.165, 1.54) is 0 Å². The van der Waals surface area contributed by atoms with Crippen LogP contribution in [-0.2, 0) is 7.05 Å². The molecule has 1 aliphatic heterocycles. The second-order valence-corrected chi connectivity index (χ2v) is 6.41. The molecule has 25 heavy (non-hydrogen) atoms. The van der Waals surface area contributed by atoms with Gasteiger partial charge < -0.3 is 14.8 Å². The molecule has 128 valence electrons. The lowest BCUT2D eigenvalue weighted by Crippen LogP contribution is -2.31. The second-order valence-electron chi connectivity index (χ2n) is 6.41. The number of hydrogen-bond acceptors (Lipinski definition) is 4. The van der Waals surface area contributed by atoms with Crippen LogP contribution in [0.3, 0.4) is 0 Å². The van der Waals surface area contributed by atoms with E-state index >= 15 is 0 Å². The Morgan fingerprint density at radius 2 is 2.12 bits per heavy atom. The number of nitrogens with one attached hydrogen (secondary N) is 1. The number of nitrogens with zero attached hydrogens (tertiary/aromatic N) is 4. The zero-order chi connectivity index (χ0) is 17.4. The van der Waals surface area contributed by atoms with Crippen molar-refractivity contribution in [2.75, 3.05) is 18.9 Å². The molecule has 1 amide bonds. The third-order valence-corrected chi connectivity index (χ3v) is 4.89. The topological polar surface area (TPSA) is 63.1 Å². The molecular weight excluding hydrogens is 314 g/mol. The van der Waals surface area contributed by atoms with E-state index in [-0.39, 0.29) is 11.9 Å². The first-order valence-corrected chi connectivity index (χ1v) is 8.54. The van der Waals surface area contributed by atoms with E-state index in [0.29, 0.717) is 0 Å². The van der Waals surface area contributed by atoms with Gasteiger partial charge in [-0.25, -0.2) is 4.98 Å². The molecule has 0 spiro atoms. The molecule has 2 aromatic heterocycles. The van der Waals surface area contributed by atoms with Gasteiger partial charge in [0.05, 0.1) is 29.7 Å². The molecule has 0 radical (unpaired) electrons. The fourth-order valence-corrected chi connectivity index (χ4v) is 3.65. The molecule has 1 atom stereocenters. The van der Waals surface area contributed by atoms with Gasteiger partial charge in [-0.05, 0) is 18.9 Å². The summed E-state index contributed by atoms with van der Waals surface area (Å²) in [5, 5.41) is 4.01. The van der Waals surface area contributed by atoms with Crippen LogP contribution in [0.4, 0.5) is 5.82 Å². The summed E-state index contributed by atoms with van der Waals surface area (Å²) in [6.07, 6.45) is 7.28. The molecule has 1 saturated heterocycles. The normalized spacial score (nSPS) is 17.2. The fraction of sp³-hybridized carbons (Fsp3) is 0.316. The smallest absolute Gasteiger partial charge is 0.256 e. The summed E-state index contributed by atoms with van der Waals surface area (Å²) >= 11 is 0. The van der Waals surface area contributed by atoms with Crippen molar-refractivity contribution in [3.8, 4) is 0 Å². The summed E-state index contributed by atoms with van der Waals surface area (Å²) in [5.74, 6) is 0.790. The van der Waals surface area contributed by atoms with Crippen LogP contribution in [-0.4, -0.2) is 38.9 Å². The Bertz CT molecular complexity index is 932. The molecule has 0 unspecified atom stereocenters. The van der Waals surface area contributed by atoms with E-state index < -0.39 is 0 Å². The van der Waals surface area contributed by atoms with Gasteiger partial charge in [-0.3, -0.25) is 9.78 Å². The summed E-state index contributed by atoms with van der Waals surface area (Å²) in [7, 11) is 3.80. The Morgan fingerprint density at radius 1 is 1.28 bits per heavy atom. The van der Waals surface area contributed by atoms with Crippen molar-refractivity contribution in [2.24, 2.45) is 7.05 Å². The molecule has 1 aromatic carbocycles. The molecule has 1 fully saturated rings. The first-order valence-electron chi connectivity index (χ1n) is 8.54. The van der Waals surface area contributed by atoms with Gasteiger partial charge in [0.25, 0.3) is 5.91 Å². The first kappa shape index (κ1) is 15.6. The van der Waals surface area contributed by atoms with Crippen molar-refractivity contribution < 1.29 is 4.79 Å². The number of aromatic nitrogens is 3. The van der Waals surface area contributed by atoms with E-state index in [4.69, 9.17) is 0 Å². The summed E-state index contributed by atoms with van der Waals surface area (Å²) in [4.78, 5) is 24.0. The number of anilines is 1. The van der Waals surface area contributed by atoms with Gasteiger partial charge in [0, 0.05) is 37.7 Å². The molecule has 6 nitrogen and oxygen atoms in total. The summed E-state index contributed by atoms with van der Waals surface area (Å²) < 4.78 is 2.01. The van der Waals surface area contributed by atoms with Crippen LogP contribution in [0.25, 0.3) is 10.9 Å². The quantitative estimate of drug-likeness (QED) is 0.799. The van der Waals surface area contributed by atoms with Crippen LogP contribution >= 0.6 is 0 Å². The minimum atomic E-state index is -0.0210. The Morgan fingerprint density at radius 3 is 2.96 bits per heavy atom. The highest BCUT2D eigenvalue weighted by Gasteiger charge is 2.33. The van der Waals surface area contributed by atoms with Gasteiger partial charge in [0.15, 0.2) is 0 Å². The highest BCUT2D eigenvalue weighted by atomic mass is 16.2. The average molecular weight is 335 g/mol. The van der Waals surface area contributed by atoms with Crippen molar-refractivity contribution >= 4 is 22.6 Å². The maximum Gasteiger partial charge on any atom is 0.256 e. The average Bonchev–Trinajstić information content (AvgIpc) is 3.27. The van der Waals surface area contributed by atoms with Crippen molar-refractivity contribution in [1.29, 1.82) is 0 Å². The highest BCUT2D eigenvalue weighted by molar-refractivity contribution is 6.07. The van der Waals surface area contributed by atoms with Crippen molar-refractivity contribution in [3.05, 3.63) is 54.1 Å². The second kappa shape index (κ2) is 6.20. The van der Waals surface area contributed by atoms with Crippen molar-refractivity contribution in [1.82, 2.24) is 19.4 Å². The molecule has 3 heterocycles. The van der Waals surface area contributed by atoms with E-state index in [0.717, 1.165) is 47.4 Å². The predicted octanol–water partition coefficient (Wildman–Crippen LogP) is 2.99. The molecule has 0 bridgehead atoms. The van der Waals surface area contributed by atoms with Crippen molar-refractivity contribution in [2.45, 2.75) is 18.9 Å². The number of hydrogen-bond donors (Lipinski definition) is 1. The van der Waals surface area contributed by atoms with Crippen molar-refractivity contribution in [3.63, 3.8) is 0 Å². The van der Waals surface area contributed by atoms with Gasteiger partial charge >= 0.3 is 0 Å². The molecule has 0 saturated carbocycles. The molecule has 4 rings (SSSR count). The Labute approximate surface area is 146 Å². The predicted molar refractivity (Wildman–Crippen MR) is 97.5 cm³/mol. The molecule has 1 N–H and O–H groups in total. The Kier molecular flexibility index (Phi) is 3.87. The van der Waals surface area contributed by atoms with E-state index in [2.05, 4.69) is 15.3 Å². The van der Waals surface area contributed by atoms with Crippen LogP contribution in [0.15, 0.2) is 42.9 Å². The molecule has 6 heteroatoms. The fourth-order valence-electron chi connectivity index (χ4n) is 3.65. The molecule has 0 aliphatic carbocycles. The minimum absolute atomic E-state index is 0.0210. The molecule has 1 aliphatic rings. The summed E-state index contributed by atoms with van der Waals surface area (Å²) in [6.45, 7) is 0.748. The van der Waals surface area contributed by atoms with Crippen LogP contribution in [0.2, 0.25) is 0 Å². The lowest BCUT2D eigenvalue weighted by atomic mass is 10.1. The van der Waals surface area contributed by atoms with E-state index in [1.54, 1.807) is 12.4 Å². The molecule has 3 aromatic rings. The number of amides is 1. The number of para-hydroxylation sites is 1. The van der Waals surface area contributed by atoms with Gasteiger partial charge in [0.2, 0.25) is 0 Å². The summed E-state index contributed by atoms with van der Waals surface area (Å²) in [5.41, 5.74) is 2.67. The maximum atomic E-state index is 13.3. The van der Waals surface area contributed by atoms with Crippen LogP contribution < -0.4 is 5.32 Å². The largest absolute Gasteiger partial charge is 0.372 e. The summed E-state index contributed by atoms with van der Waals surface area (Å²) in [6, 6.07) is 7.99. The number of rotatable bonds is 3. The number of aryl methyl sites for hydroxylation is 1. The van der Waals surface area contributed by atoms with E-state index in [9.17, 15) is 4.79 Å². The SMILES string of the molecule is CNc1cncc([C@H]2CCCN2C(=O)c2cn(C)c3ccccc23)n1. The Hall–Kier alpha value is -2.89. The van der Waals surface area contributed by atoms with Gasteiger partial charge in [-0.1, -0.05) is 18.2 Å². The minimum Gasteiger partial charge on any atom is -0.372 e. The number of fused-ring (bicyclic) bond motifs is 1.